The van der Waals surface area contributed by atoms with Crippen LogP contribution in [0.15, 0.2) is 0 Å². The molecule has 2 saturated heterocycles. The fourth-order valence-electron chi connectivity index (χ4n) is 3.76. The van der Waals surface area contributed by atoms with E-state index in [1.54, 1.807) is 0 Å². The van der Waals surface area contributed by atoms with Crippen LogP contribution in [0.2, 0.25) is 0 Å². The molecular weight excluding hydrogens is 234 g/mol. The van der Waals surface area contributed by atoms with Crippen LogP contribution < -0.4 is 5.32 Å². The standard InChI is InChI=1S/C16H33N3/c1-3-12-19(16-7-10-17-11-8-16)14-9-15-6-4-5-13-18(15)2/h15-17H,3-14H2,1-2H3. The maximum atomic E-state index is 3.49. The van der Waals surface area contributed by atoms with E-state index in [4.69, 9.17) is 0 Å². The second kappa shape index (κ2) is 8.23. The summed E-state index contributed by atoms with van der Waals surface area (Å²) in [5.74, 6) is 0. The van der Waals surface area contributed by atoms with E-state index in [2.05, 4.69) is 29.1 Å². The molecule has 0 aromatic heterocycles. The van der Waals surface area contributed by atoms with Crippen molar-refractivity contribution in [2.45, 2.75) is 64.0 Å². The predicted molar refractivity (Wildman–Crippen MR) is 82.6 cm³/mol. The number of piperidine rings is 2. The fraction of sp³-hybridized carbons (Fsp3) is 1.00. The molecule has 1 N–H and O–H groups in total. The van der Waals surface area contributed by atoms with Crippen molar-refractivity contribution in [3.63, 3.8) is 0 Å². The van der Waals surface area contributed by atoms with Crippen molar-refractivity contribution in [2.24, 2.45) is 0 Å². The number of likely N-dealkylation sites (tertiary alicyclic amines) is 1. The van der Waals surface area contributed by atoms with Gasteiger partial charge in [0, 0.05) is 12.1 Å². The Bertz CT molecular complexity index is 238. The summed E-state index contributed by atoms with van der Waals surface area (Å²) in [7, 11) is 2.32. The smallest absolute Gasteiger partial charge is 0.0119 e. The molecule has 1 unspecified atom stereocenters. The molecule has 19 heavy (non-hydrogen) atoms. The summed E-state index contributed by atoms with van der Waals surface area (Å²) in [6.45, 7) is 8.67. The molecule has 0 radical (unpaired) electrons. The molecule has 3 nitrogen and oxygen atoms in total. The minimum atomic E-state index is 0.842. The molecule has 2 rings (SSSR count). The Kier molecular flexibility index (Phi) is 6.62. The van der Waals surface area contributed by atoms with E-state index in [1.165, 1.54) is 77.7 Å². The van der Waals surface area contributed by atoms with E-state index < -0.39 is 0 Å². The molecule has 0 aliphatic carbocycles. The highest BCUT2D eigenvalue weighted by atomic mass is 15.2. The summed E-state index contributed by atoms with van der Waals surface area (Å²) >= 11 is 0. The number of hydrogen-bond donors (Lipinski definition) is 1. The highest BCUT2D eigenvalue weighted by Crippen LogP contribution is 2.20. The van der Waals surface area contributed by atoms with Crippen molar-refractivity contribution >= 4 is 0 Å². The molecule has 0 amide bonds. The van der Waals surface area contributed by atoms with Crippen LogP contribution in [0.25, 0.3) is 0 Å². The monoisotopic (exact) mass is 267 g/mol. The lowest BCUT2D eigenvalue weighted by Crippen LogP contribution is -2.46. The summed E-state index contributed by atoms with van der Waals surface area (Å²) in [4.78, 5) is 5.37. The van der Waals surface area contributed by atoms with Crippen LogP contribution in [0.3, 0.4) is 0 Å². The van der Waals surface area contributed by atoms with Crippen molar-refractivity contribution in [2.75, 3.05) is 39.8 Å². The van der Waals surface area contributed by atoms with Crippen LogP contribution >= 0.6 is 0 Å². The first-order chi connectivity index (χ1) is 9.31. The molecular formula is C16H33N3. The summed E-state index contributed by atoms with van der Waals surface area (Å²) < 4.78 is 0. The zero-order valence-electron chi connectivity index (χ0n) is 13.0. The molecule has 2 fully saturated rings. The summed E-state index contributed by atoms with van der Waals surface area (Å²) in [6, 6.07) is 1.69. The first kappa shape index (κ1) is 15.3. The lowest BCUT2D eigenvalue weighted by atomic mass is 9.98. The molecule has 0 aromatic rings. The van der Waals surface area contributed by atoms with E-state index in [-0.39, 0.29) is 0 Å². The Morgan fingerprint density at radius 2 is 1.89 bits per heavy atom. The maximum absolute atomic E-state index is 3.49. The van der Waals surface area contributed by atoms with Gasteiger partial charge in [0.2, 0.25) is 0 Å². The Morgan fingerprint density at radius 3 is 2.58 bits per heavy atom. The average molecular weight is 267 g/mol. The van der Waals surface area contributed by atoms with Gasteiger partial charge < -0.3 is 15.1 Å². The van der Waals surface area contributed by atoms with Crippen LogP contribution in [-0.2, 0) is 0 Å². The largest absolute Gasteiger partial charge is 0.317 e. The van der Waals surface area contributed by atoms with E-state index in [1.807, 2.05) is 0 Å². The van der Waals surface area contributed by atoms with Crippen molar-refractivity contribution in [3.05, 3.63) is 0 Å². The highest BCUT2D eigenvalue weighted by molar-refractivity contribution is 4.81. The zero-order valence-corrected chi connectivity index (χ0v) is 13.0. The molecule has 112 valence electrons. The van der Waals surface area contributed by atoms with Gasteiger partial charge >= 0.3 is 0 Å². The Balaban J connectivity index is 1.78. The van der Waals surface area contributed by atoms with Crippen LogP contribution in [0, 0.1) is 0 Å². The van der Waals surface area contributed by atoms with Crippen LogP contribution in [-0.4, -0.2) is 61.7 Å². The SMILES string of the molecule is CCCN(CCC1CCCCN1C)C1CCNCC1. The first-order valence-corrected chi connectivity index (χ1v) is 8.46. The van der Waals surface area contributed by atoms with Crippen molar-refractivity contribution < 1.29 is 0 Å². The van der Waals surface area contributed by atoms with E-state index in [0.717, 1.165) is 12.1 Å². The second-order valence-electron chi connectivity index (χ2n) is 6.44. The van der Waals surface area contributed by atoms with Gasteiger partial charge in [-0.2, -0.15) is 0 Å². The first-order valence-electron chi connectivity index (χ1n) is 8.46. The molecule has 0 bridgehead atoms. The molecule has 2 aliphatic rings. The number of rotatable bonds is 6. The van der Waals surface area contributed by atoms with Gasteiger partial charge in [-0.1, -0.05) is 13.3 Å². The third-order valence-electron chi connectivity index (χ3n) is 5.01. The Hall–Kier alpha value is -0.120. The quantitative estimate of drug-likeness (QED) is 0.797. The van der Waals surface area contributed by atoms with Gasteiger partial charge in [-0.15, -0.1) is 0 Å². The van der Waals surface area contributed by atoms with Crippen molar-refractivity contribution in [1.82, 2.24) is 15.1 Å². The summed E-state index contributed by atoms with van der Waals surface area (Å²) in [5.41, 5.74) is 0. The van der Waals surface area contributed by atoms with Gasteiger partial charge in [-0.05, 0) is 78.3 Å². The lowest BCUT2D eigenvalue weighted by Gasteiger charge is -2.38. The molecule has 2 heterocycles. The summed E-state index contributed by atoms with van der Waals surface area (Å²) in [6.07, 6.45) is 9.63. The van der Waals surface area contributed by atoms with E-state index in [9.17, 15) is 0 Å². The molecule has 0 aromatic carbocycles. The maximum Gasteiger partial charge on any atom is 0.0119 e. The topological polar surface area (TPSA) is 18.5 Å². The van der Waals surface area contributed by atoms with Crippen LogP contribution in [0.4, 0.5) is 0 Å². The Morgan fingerprint density at radius 1 is 1.11 bits per heavy atom. The van der Waals surface area contributed by atoms with E-state index in [0.29, 0.717) is 0 Å². The van der Waals surface area contributed by atoms with Gasteiger partial charge in [0.1, 0.15) is 0 Å². The third-order valence-corrected chi connectivity index (χ3v) is 5.01. The highest BCUT2D eigenvalue weighted by Gasteiger charge is 2.23. The molecule has 0 spiro atoms. The van der Waals surface area contributed by atoms with Gasteiger partial charge in [0.25, 0.3) is 0 Å². The van der Waals surface area contributed by atoms with Crippen molar-refractivity contribution in [3.8, 4) is 0 Å². The average Bonchev–Trinajstić information content (AvgIpc) is 2.46. The lowest BCUT2D eigenvalue weighted by molar-refractivity contribution is 0.121. The van der Waals surface area contributed by atoms with Gasteiger partial charge in [-0.3, -0.25) is 0 Å². The van der Waals surface area contributed by atoms with Crippen LogP contribution in [0.1, 0.15) is 51.9 Å². The number of hydrogen-bond acceptors (Lipinski definition) is 3. The molecule has 3 heteroatoms. The zero-order chi connectivity index (χ0) is 13.5. The molecule has 0 saturated carbocycles. The summed E-state index contributed by atoms with van der Waals surface area (Å²) in [5, 5.41) is 3.49. The second-order valence-corrected chi connectivity index (χ2v) is 6.44. The molecule has 2 aliphatic heterocycles. The third kappa shape index (κ3) is 4.73. The minimum Gasteiger partial charge on any atom is -0.317 e. The number of nitrogens with one attached hydrogen (secondary N) is 1. The Labute approximate surface area is 119 Å². The number of nitrogens with zero attached hydrogens (tertiary/aromatic N) is 2. The van der Waals surface area contributed by atoms with Crippen LogP contribution in [0.5, 0.6) is 0 Å². The molecule has 1 atom stereocenters. The van der Waals surface area contributed by atoms with Crippen molar-refractivity contribution in [1.29, 1.82) is 0 Å². The minimum absolute atomic E-state index is 0.842. The predicted octanol–water partition coefficient (Wildman–Crippen LogP) is 2.32. The van der Waals surface area contributed by atoms with E-state index >= 15 is 0 Å². The fourth-order valence-corrected chi connectivity index (χ4v) is 3.76. The van der Waals surface area contributed by atoms with Gasteiger partial charge in [0.15, 0.2) is 0 Å². The van der Waals surface area contributed by atoms with Gasteiger partial charge in [-0.25, -0.2) is 0 Å². The van der Waals surface area contributed by atoms with Gasteiger partial charge in [0.05, 0.1) is 0 Å². The normalized spacial score (nSPS) is 27.0.